The minimum atomic E-state index is -4.14. The second-order valence-corrected chi connectivity index (χ2v) is 12.7. The molecule has 11 nitrogen and oxygen atoms in total. The van der Waals surface area contributed by atoms with Crippen molar-refractivity contribution in [1.29, 1.82) is 0 Å². The molecule has 3 aromatic carbocycles. The van der Waals surface area contributed by atoms with E-state index >= 15 is 0 Å². The molecule has 0 atom stereocenters. The Balaban J connectivity index is 1.66. The first-order valence-electron chi connectivity index (χ1n) is 13.5. The molecule has 0 saturated heterocycles. The average molecular weight is 616 g/mol. The van der Waals surface area contributed by atoms with Gasteiger partial charge in [0, 0.05) is 11.1 Å². The average Bonchev–Trinajstić information content (AvgIpc) is 3.46. The predicted molar refractivity (Wildman–Crippen MR) is 161 cm³/mol. The monoisotopic (exact) mass is 615 g/mol. The molecule has 1 aromatic heterocycles. The number of carbonyl (C=O) groups excluding carboxylic acids is 3. The maximum Gasteiger partial charge on any atom is 0.343 e. The Labute approximate surface area is 254 Å². The zero-order valence-corrected chi connectivity index (χ0v) is 25.4. The smallest absolute Gasteiger partial charge is 0.343 e. The largest absolute Gasteiger partial charge is 0.421 e. The number of hydrogen-bond acceptors (Lipinski definition) is 9. The summed E-state index contributed by atoms with van der Waals surface area (Å²) in [5.74, 6) is -2.18. The molecule has 0 bridgehead atoms. The van der Waals surface area contributed by atoms with Crippen LogP contribution in [0.1, 0.15) is 53.7 Å². The van der Waals surface area contributed by atoms with E-state index in [1.165, 1.54) is 32.0 Å². The van der Waals surface area contributed by atoms with Crippen molar-refractivity contribution in [3.63, 3.8) is 0 Å². The van der Waals surface area contributed by atoms with Crippen LogP contribution in [0.4, 0.5) is 11.4 Å². The van der Waals surface area contributed by atoms with Crippen molar-refractivity contribution in [2.75, 3.05) is 9.79 Å². The van der Waals surface area contributed by atoms with Gasteiger partial charge in [0.1, 0.15) is 5.69 Å². The van der Waals surface area contributed by atoms with Gasteiger partial charge in [-0.05, 0) is 65.0 Å². The third kappa shape index (κ3) is 5.84. The molecular formula is C32H29N3O8S. The summed E-state index contributed by atoms with van der Waals surface area (Å²) in [7, 11) is -4.14. The van der Waals surface area contributed by atoms with E-state index in [-0.39, 0.29) is 50.2 Å². The van der Waals surface area contributed by atoms with Crippen LogP contribution >= 0.6 is 0 Å². The first-order valence-corrected chi connectivity index (χ1v) is 15.0. The van der Waals surface area contributed by atoms with Crippen LogP contribution in [0.5, 0.6) is 0 Å². The lowest BCUT2D eigenvalue weighted by Gasteiger charge is -2.22. The second-order valence-electron chi connectivity index (χ2n) is 11.0. The van der Waals surface area contributed by atoms with Crippen molar-refractivity contribution in [1.82, 2.24) is 5.16 Å². The number of anilines is 2. The highest BCUT2D eigenvalue weighted by molar-refractivity contribution is 7.92. The maximum atomic E-state index is 14.1. The first kappa shape index (κ1) is 30.2. The summed E-state index contributed by atoms with van der Waals surface area (Å²) in [6, 6.07) is 21.1. The Morgan fingerprint density at radius 3 is 2.09 bits per heavy atom. The molecule has 0 aliphatic carbocycles. The molecule has 0 saturated carbocycles. The van der Waals surface area contributed by atoms with Gasteiger partial charge in [-0.1, -0.05) is 53.7 Å². The zero-order valence-electron chi connectivity index (χ0n) is 24.6. The van der Waals surface area contributed by atoms with Crippen molar-refractivity contribution in [2.24, 2.45) is 5.41 Å². The van der Waals surface area contributed by atoms with Crippen LogP contribution in [0.15, 0.2) is 88.3 Å². The number of nitrogens with zero attached hydrogens (tertiary/aromatic N) is 2. The highest BCUT2D eigenvalue weighted by Gasteiger charge is 2.41. The highest BCUT2D eigenvalue weighted by Crippen LogP contribution is 2.44. The number of sulfonamides is 1. The Kier molecular flexibility index (Phi) is 7.87. The van der Waals surface area contributed by atoms with Gasteiger partial charge in [-0.15, -0.1) is 5.06 Å². The molecule has 0 radical (unpaired) electrons. The predicted octanol–water partition coefficient (Wildman–Crippen LogP) is 5.67. The summed E-state index contributed by atoms with van der Waals surface area (Å²) < 4.78 is 39.8. The maximum absolute atomic E-state index is 14.1. The molecule has 5 rings (SSSR count). The molecule has 4 aromatic rings. The van der Waals surface area contributed by atoms with Gasteiger partial charge in [-0.25, -0.2) is 18.0 Å². The van der Waals surface area contributed by atoms with E-state index in [0.717, 1.165) is 5.06 Å². The van der Waals surface area contributed by atoms with E-state index in [9.17, 15) is 22.8 Å². The number of amides is 1. The van der Waals surface area contributed by atoms with Gasteiger partial charge in [0.25, 0.3) is 15.9 Å². The number of benzene rings is 3. The number of ether oxygens (including phenoxy) is 1. The van der Waals surface area contributed by atoms with E-state index < -0.39 is 33.3 Å². The van der Waals surface area contributed by atoms with Gasteiger partial charge in [-0.3, -0.25) is 9.52 Å². The number of hydroxylamine groups is 1. The lowest BCUT2D eigenvalue weighted by molar-refractivity contribution is -0.157. The Hall–Kier alpha value is -5.23. The Morgan fingerprint density at radius 1 is 0.909 bits per heavy atom. The van der Waals surface area contributed by atoms with Crippen molar-refractivity contribution < 1.29 is 36.9 Å². The fourth-order valence-electron chi connectivity index (χ4n) is 4.46. The summed E-state index contributed by atoms with van der Waals surface area (Å²) in [6.07, 6.45) is 0. The van der Waals surface area contributed by atoms with Gasteiger partial charge in [0.2, 0.25) is 0 Å². The molecule has 1 aliphatic rings. The van der Waals surface area contributed by atoms with E-state index in [0.29, 0.717) is 5.56 Å². The Bertz CT molecular complexity index is 1890. The lowest BCUT2D eigenvalue weighted by atomic mass is 9.98. The van der Waals surface area contributed by atoms with Crippen LogP contribution < -0.4 is 9.79 Å². The molecule has 1 amide bonds. The number of nitrogens with one attached hydrogen (secondary N) is 1. The number of carbonyl (C=O) groups is 3. The molecule has 0 spiro atoms. The van der Waals surface area contributed by atoms with Crippen LogP contribution in [0.2, 0.25) is 0 Å². The number of fused-ring (bicyclic) bond motifs is 1. The molecular weight excluding hydrogens is 586 g/mol. The van der Waals surface area contributed by atoms with E-state index in [1.807, 2.05) is 0 Å². The number of aromatic nitrogens is 1. The van der Waals surface area contributed by atoms with Gasteiger partial charge in [0.15, 0.2) is 16.4 Å². The normalized spacial score (nSPS) is 14.2. The third-order valence-corrected chi connectivity index (χ3v) is 8.25. The van der Waals surface area contributed by atoms with Crippen LogP contribution in [-0.2, 0) is 29.2 Å². The van der Waals surface area contributed by atoms with Crippen molar-refractivity contribution in [3.8, 4) is 0 Å². The van der Waals surface area contributed by atoms with Gasteiger partial charge in [-0.2, -0.15) is 0 Å². The molecule has 0 unspecified atom stereocenters. The minimum Gasteiger partial charge on any atom is -0.421 e. The second kappa shape index (κ2) is 11.5. The van der Waals surface area contributed by atoms with Gasteiger partial charge >= 0.3 is 11.9 Å². The molecule has 0 fully saturated rings. The first-order chi connectivity index (χ1) is 20.8. The van der Waals surface area contributed by atoms with E-state index in [1.54, 1.807) is 81.4 Å². The van der Waals surface area contributed by atoms with Crippen molar-refractivity contribution in [3.05, 3.63) is 107 Å². The van der Waals surface area contributed by atoms with Crippen LogP contribution in [0.3, 0.4) is 0 Å². The summed E-state index contributed by atoms with van der Waals surface area (Å²) in [6.45, 7) is 7.85. The van der Waals surface area contributed by atoms with E-state index in [4.69, 9.17) is 14.1 Å². The van der Waals surface area contributed by atoms with Crippen molar-refractivity contribution in [2.45, 2.75) is 39.5 Å². The number of aryl methyl sites for hydroxylation is 2. The molecule has 1 N–H and O–H groups in total. The number of rotatable bonds is 7. The zero-order chi connectivity index (χ0) is 31.8. The lowest BCUT2D eigenvalue weighted by Crippen LogP contribution is -2.35. The third-order valence-electron chi connectivity index (χ3n) is 6.63. The molecule has 2 heterocycles. The van der Waals surface area contributed by atoms with Crippen LogP contribution in [-0.4, -0.2) is 31.4 Å². The van der Waals surface area contributed by atoms with Gasteiger partial charge < -0.3 is 14.1 Å². The fraction of sp³-hybridized carbons (Fsp3) is 0.188. The van der Waals surface area contributed by atoms with Crippen LogP contribution in [0, 0.1) is 19.3 Å². The standard InChI is InChI=1S/C32H29N3O8S/c1-19-28(20(2)42-33-19)44(39,40)34-23-16-17-24-25(18-23)35(43-31(38)32(3,4)5)29(36)26(24)27(21-12-8-6-9-13-21)41-30(37)22-14-10-7-11-15-22/h6-18,34H,1-5H3/b27-26-. The summed E-state index contributed by atoms with van der Waals surface area (Å²) in [5.41, 5.74) is 0.171. The number of hydrogen-bond donors (Lipinski definition) is 1. The quantitative estimate of drug-likeness (QED) is 0.158. The molecule has 226 valence electrons. The topological polar surface area (TPSA) is 145 Å². The van der Waals surface area contributed by atoms with Gasteiger partial charge in [0.05, 0.1) is 27.9 Å². The summed E-state index contributed by atoms with van der Waals surface area (Å²) >= 11 is 0. The molecule has 12 heteroatoms. The fourth-order valence-corrected chi connectivity index (χ4v) is 5.85. The van der Waals surface area contributed by atoms with E-state index in [2.05, 4.69) is 9.88 Å². The van der Waals surface area contributed by atoms with Crippen molar-refractivity contribution >= 4 is 50.6 Å². The minimum absolute atomic E-state index is 0.0580. The van der Waals surface area contributed by atoms with Crippen LogP contribution in [0.25, 0.3) is 11.3 Å². The SMILES string of the molecule is Cc1noc(C)c1S(=O)(=O)Nc1ccc2c(c1)N(OC(=O)C(C)(C)C)C(=O)/C2=C(\OC(=O)c1ccccc1)c1ccccc1. The number of esters is 1. The molecule has 1 aliphatic heterocycles. The summed E-state index contributed by atoms with van der Waals surface area (Å²) in [4.78, 5) is 45.7. The Morgan fingerprint density at radius 2 is 1.52 bits per heavy atom. The summed E-state index contributed by atoms with van der Waals surface area (Å²) in [5, 5.41) is 4.49. The highest BCUT2D eigenvalue weighted by atomic mass is 32.2. The molecule has 44 heavy (non-hydrogen) atoms.